The Labute approximate surface area is 200 Å². The van der Waals surface area contributed by atoms with Crippen LogP contribution in [0, 0.1) is 0 Å². The second-order valence-electron chi connectivity index (χ2n) is 8.82. The molecular formula is C25H24N4O6. The summed E-state index contributed by atoms with van der Waals surface area (Å²) in [6.45, 7) is -0.344. The summed E-state index contributed by atoms with van der Waals surface area (Å²) in [5.41, 5.74) is 3.28. The predicted octanol–water partition coefficient (Wildman–Crippen LogP) is 1.73. The molecule has 1 aliphatic heterocycles. The first-order valence-corrected chi connectivity index (χ1v) is 11.1. The number of fused-ring (bicyclic) bond motifs is 3. The lowest BCUT2D eigenvalue weighted by molar-refractivity contribution is -0.173. The number of aromatic nitrogens is 2. The van der Waals surface area contributed by atoms with E-state index in [2.05, 4.69) is 22.5 Å². The van der Waals surface area contributed by atoms with Gasteiger partial charge < -0.3 is 25.2 Å². The zero-order chi connectivity index (χ0) is 24.7. The van der Waals surface area contributed by atoms with Gasteiger partial charge in [0.2, 0.25) is 0 Å². The molecule has 3 aromatic rings. The normalized spacial score (nSPS) is 15.7. The molecule has 2 aromatic carbocycles. The minimum Gasteiger partial charge on any atom is -0.479 e. The average Bonchev–Trinajstić information content (AvgIpc) is 3.36. The molecule has 1 aromatic heterocycles. The van der Waals surface area contributed by atoms with E-state index >= 15 is 0 Å². The number of aliphatic carboxylic acids is 1. The van der Waals surface area contributed by atoms with Gasteiger partial charge in [-0.2, -0.15) is 5.10 Å². The van der Waals surface area contributed by atoms with Crippen LogP contribution in [-0.2, 0) is 23.1 Å². The summed E-state index contributed by atoms with van der Waals surface area (Å²) in [4.78, 5) is 37.3. The molecule has 0 atom stereocenters. The number of aliphatic hydroxyl groups is 1. The summed E-state index contributed by atoms with van der Waals surface area (Å²) >= 11 is 0. The number of β-amino-alcohol motifs (C(OH)–C–C–N with tert-alkyl or cyclic N) is 1. The summed E-state index contributed by atoms with van der Waals surface area (Å²) < 4.78 is 6.87. The van der Waals surface area contributed by atoms with Gasteiger partial charge in [-0.05, 0) is 28.3 Å². The number of carbonyl (C=O) groups is 3. The van der Waals surface area contributed by atoms with Crippen LogP contribution >= 0.6 is 0 Å². The predicted molar refractivity (Wildman–Crippen MR) is 124 cm³/mol. The van der Waals surface area contributed by atoms with Crippen LogP contribution in [0.2, 0.25) is 0 Å². The molecular weight excluding hydrogens is 452 g/mol. The van der Waals surface area contributed by atoms with Crippen molar-refractivity contribution in [3.05, 3.63) is 77.1 Å². The highest BCUT2D eigenvalue weighted by Crippen LogP contribution is 2.44. The maximum absolute atomic E-state index is 12.6. The summed E-state index contributed by atoms with van der Waals surface area (Å²) in [7, 11) is 1.58. The lowest BCUT2D eigenvalue weighted by Crippen LogP contribution is -2.67. The molecule has 1 saturated heterocycles. The van der Waals surface area contributed by atoms with Crippen molar-refractivity contribution in [2.24, 2.45) is 7.05 Å². The number of hydrogen-bond donors (Lipinski definition) is 3. The first-order chi connectivity index (χ1) is 16.8. The van der Waals surface area contributed by atoms with Gasteiger partial charge in [-0.1, -0.05) is 48.5 Å². The highest BCUT2D eigenvalue weighted by molar-refractivity contribution is 5.95. The molecule has 3 N–H and O–H groups in total. The van der Waals surface area contributed by atoms with E-state index in [0.717, 1.165) is 22.3 Å². The van der Waals surface area contributed by atoms with Crippen LogP contribution in [0.15, 0.2) is 54.6 Å². The molecule has 1 fully saturated rings. The second-order valence-corrected chi connectivity index (χ2v) is 8.82. The standard InChI is InChI=1S/C25H24N4O6/c1-28-21(22(30)29-13-25(34,14-29)23(31)32)10-15(27-28)11-26-24(33)35-12-20-18-8-4-2-6-16(18)17-7-3-5-9-19(17)20/h2-10,20,34H,11-14H2,1H3,(H,26,33)(H,31,32). The Kier molecular flexibility index (Phi) is 5.52. The largest absolute Gasteiger partial charge is 0.479 e. The van der Waals surface area contributed by atoms with Crippen molar-refractivity contribution in [1.29, 1.82) is 0 Å². The molecule has 0 saturated carbocycles. The summed E-state index contributed by atoms with van der Waals surface area (Å²) in [5, 5.41) is 25.7. The van der Waals surface area contributed by atoms with Gasteiger partial charge >= 0.3 is 12.1 Å². The van der Waals surface area contributed by atoms with E-state index in [0.29, 0.717) is 5.69 Å². The molecule has 0 bridgehead atoms. The maximum atomic E-state index is 12.6. The van der Waals surface area contributed by atoms with Gasteiger partial charge in [0.05, 0.1) is 25.3 Å². The molecule has 2 aliphatic rings. The second kappa shape index (κ2) is 8.55. The average molecular weight is 476 g/mol. The molecule has 180 valence electrons. The number of alkyl carbamates (subject to hydrolysis) is 1. The quantitative estimate of drug-likeness (QED) is 0.493. The highest BCUT2D eigenvalue weighted by Gasteiger charge is 2.50. The Hall–Kier alpha value is -4.18. The minimum absolute atomic E-state index is 0.0480. The zero-order valence-electron chi connectivity index (χ0n) is 19.0. The Bertz CT molecular complexity index is 1280. The van der Waals surface area contributed by atoms with Gasteiger partial charge in [0, 0.05) is 13.0 Å². The number of amides is 2. The van der Waals surface area contributed by atoms with Crippen LogP contribution in [0.3, 0.4) is 0 Å². The third-order valence-corrected chi connectivity index (χ3v) is 6.50. The van der Waals surface area contributed by atoms with Crippen LogP contribution in [0.1, 0.15) is 33.2 Å². The van der Waals surface area contributed by atoms with Crippen LogP contribution in [0.4, 0.5) is 4.79 Å². The molecule has 35 heavy (non-hydrogen) atoms. The Morgan fingerprint density at radius 3 is 2.29 bits per heavy atom. The van der Waals surface area contributed by atoms with Crippen LogP contribution in [0.5, 0.6) is 0 Å². The number of likely N-dealkylation sites (tertiary alicyclic amines) is 1. The number of aryl methyl sites for hydroxylation is 1. The lowest BCUT2D eigenvalue weighted by Gasteiger charge is -2.43. The number of carboxylic acid groups (broad SMARTS) is 1. The first kappa shape index (κ1) is 22.6. The van der Waals surface area contributed by atoms with Gasteiger partial charge in [0.15, 0.2) is 5.60 Å². The van der Waals surface area contributed by atoms with E-state index in [1.54, 1.807) is 7.05 Å². The van der Waals surface area contributed by atoms with E-state index in [-0.39, 0.29) is 37.9 Å². The van der Waals surface area contributed by atoms with Crippen molar-refractivity contribution in [1.82, 2.24) is 20.0 Å². The van der Waals surface area contributed by atoms with E-state index in [1.807, 2.05) is 36.4 Å². The van der Waals surface area contributed by atoms with Gasteiger partial charge in [-0.25, -0.2) is 9.59 Å². The number of hydrogen-bond acceptors (Lipinski definition) is 6. The number of nitrogens with one attached hydrogen (secondary N) is 1. The van der Waals surface area contributed by atoms with Gasteiger partial charge in [0.25, 0.3) is 5.91 Å². The number of carbonyl (C=O) groups excluding carboxylic acids is 2. The molecule has 0 unspecified atom stereocenters. The molecule has 2 amide bonds. The monoisotopic (exact) mass is 476 g/mol. The van der Waals surface area contributed by atoms with E-state index in [4.69, 9.17) is 9.84 Å². The van der Waals surface area contributed by atoms with Gasteiger partial charge in [0.1, 0.15) is 12.3 Å². The third kappa shape index (κ3) is 4.01. The number of ether oxygens (including phenoxy) is 1. The minimum atomic E-state index is -1.91. The fourth-order valence-corrected chi connectivity index (χ4v) is 4.65. The van der Waals surface area contributed by atoms with Crippen molar-refractivity contribution in [3.63, 3.8) is 0 Å². The van der Waals surface area contributed by atoms with Crippen LogP contribution in [0.25, 0.3) is 11.1 Å². The lowest BCUT2D eigenvalue weighted by atomic mass is 9.94. The summed E-state index contributed by atoms with van der Waals surface area (Å²) in [5.74, 6) is -1.86. The first-order valence-electron chi connectivity index (χ1n) is 11.1. The van der Waals surface area contributed by atoms with Crippen molar-refractivity contribution in [2.75, 3.05) is 19.7 Å². The molecule has 2 heterocycles. The number of carboxylic acids is 1. The fraction of sp³-hybridized carbons (Fsp3) is 0.280. The summed E-state index contributed by atoms with van der Waals surface area (Å²) in [6.07, 6.45) is -0.598. The van der Waals surface area contributed by atoms with Crippen molar-refractivity contribution >= 4 is 18.0 Å². The topological polar surface area (TPSA) is 134 Å². The Morgan fingerprint density at radius 1 is 1.09 bits per heavy atom. The molecule has 0 radical (unpaired) electrons. The molecule has 5 rings (SSSR count). The molecule has 1 aliphatic carbocycles. The number of rotatable bonds is 6. The van der Waals surface area contributed by atoms with Crippen molar-refractivity contribution < 1.29 is 29.3 Å². The van der Waals surface area contributed by atoms with Gasteiger partial charge in [-0.15, -0.1) is 0 Å². The van der Waals surface area contributed by atoms with Crippen molar-refractivity contribution in [2.45, 2.75) is 18.1 Å². The van der Waals surface area contributed by atoms with Crippen LogP contribution in [-0.4, -0.2) is 68.2 Å². The van der Waals surface area contributed by atoms with E-state index in [1.165, 1.54) is 15.6 Å². The highest BCUT2D eigenvalue weighted by atomic mass is 16.5. The number of nitrogens with zero attached hydrogens (tertiary/aromatic N) is 3. The molecule has 10 nitrogen and oxygen atoms in total. The summed E-state index contributed by atoms with van der Waals surface area (Å²) in [6, 6.07) is 17.7. The Balaban J connectivity index is 1.17. The SMILES string of the molecule is Cn1nc(CNC(=O)OCC2c3ccccc3-c3ccccc32)cc1C(=O)N1CC(O)(C(=O)O)C1. The van der Waals surface area contributed by atoms with E-state index < -0.39 is 23.6 Å². The molecule has 0 spiro atoms. The smallest absolute Gasteiger partial charge is 0.407 e. The fourth-order valence-electron chi connectivity index (χ4n) is 4.65. The van der Waals surface area contributed by atoms with Crippen molar-refractivity contribution in [3.8, 4) is 11.1 Å². The molecule has 10 heteroatoms. The Morgan fingerprint density at radius 2 is 1.69 bits per heavy atom. The third-order valence-electron chi connectivity index (χ3n) is 6.50. The zero-order valence-corrected chi connectivity index (χ0v) is 19.0. The maximum Gasteiger partial charge on any atom is 0.407 e. The van der Waals surface area contributed by atoms with Gasteiger partial charge in [-0.3, -0.25) is 9.48 Å². The van der Waals surface area contributed by atoms with E-state index in [9.17, 15) is 19.5 Å². The number of benzene rings is 2. The van der Waals surface area contributed by atoms with Crippen LogP contribution < -0.4 is 5.32 Å².